The first kappa shape index (κ1) is 16.4. The molecule has 0 aliphatic carbocycles. The van der Waals surface area contributed by atoms with Gasteiger partial charge in [-0.3, -0.25) is 4.79 Å². The van der Waals surface area contributed by atoms with Crippen LogP contribution in [-0.4, -0.2) is 26.5 Å². The molecule has 2 rings (SSSR count). The first-order chi connectivity index (χ1) is 10.5. The maximum atomic E-state index is 12.0. The van der Waals surface area contributed by atoms with Crippen LogP contribution in [-0.2, 0) is 4.79 Å². The van der Waals surface area contributed by atoms with Crippen LogP contribution in [0.3, 0.4) is 0 Å². The highest BCUT2D eigenvalue weighted by molar-refractivity contribution is 9.10. The second kappa shape index (κ2) is 7.31. The predicted molar refractivity (Wildman–Crippen MR) is 96.8 cm³/mol. The lowest BCUT2D eigenvalue weighted by molar-refractivity contribution is -0.114. The lowest BCUT2D eigenvalue weighted by Gasteiger charge is -2.13. The number of anilines is 3. The molecule has 0 aliphatic rings. The molecule has 22 heavy (non-hydrogen) atoms. The van der Waals surface area contributed by atoms with E-state index in [4.69, 9.17) is 0 Å². The maximum Gasteiger partial charge on any atom is 0.243 e. The number of hydrogen-bond donors (Lipinski definition) is 2. The van der Waals surface area contributed by atoms with E-state index in [-0.39, 0.29) is 12.5 Å². The third-order valence-electron chi connectivity index (χ3n) is 3.30. The summed E-state index contributed by atoms with van der Waals surface area (Å²) in [5.74, 6) is -0.0695. The molecule has 0 saturated heterocycles. The molecule has 2 N–H and O–H groups in total. The van der Waals surface area contributed by atoms with Gasteiger partial charge in [0.05, 0.1) is 6.54 Å². The number of hydrogen-bond acceptors (Lipinski definition) is 3. The van der Waals surface area contributed by atoms with Gasteiger partial charge in [-0.1, -0.05) is 15.9 Å². The summed E-state index contributed by atoms with van der Waals surface area (Å²) in [6.45, 7) is 2.24. The zero-order valence-electron chi connectivity index (χ0n) is 13.0. The molecule has 0 radical (unpaired) electrons. The van der Waals surface area contributed by atoms with Crippen LogP contribution < -0.4 is 15.5 Å². The lowest BCUT2D eigenvalue weighted by atomic mass is 10.2. The van der Waals surface area contributed by atoms with Crippen molar-refractivity contribution in [3.63, 3.8) is 0 Å². The van der Waals surface area contributed by atoms with Crippen molar-refractivity contribution in [2.75, 3.05) is 36.2 Å². The fourth-order valence-electron chi connectivity index (χ4n) is 2.05. The van der Waals surface area contributed by atoms with Crippen LogP contribution in [0.2, 0.25) is 0 Å². The highest BCUT2D eigenvalue weighted by Crippen LogP contribution is 2.20. The summed E-state index contributed by atoms with van der Waals surface area (Å²) in [5.41, 5.74) is 3.95. The van der Waals surface area contributed by atoms with E-state index >= 15 is 0 Å². The number of benzene rings is 2. The molecule has 0 bridgehead atoms. The third-order valence-corrected chi connectivity index (χ3v) is 3.79. The van der Waals surface area contributed by atoms with Crippen molar-refractivity contribution in [2.45, 2.75) is 6.92 Å². The van der Waals surface area contributed by atoms with Crippen molar-refractivity contribution in [2.24, 2.45) is 0 Å². The highest BCUT2D eigenvalue weighted by Gasteiger charge is 2.04. The van der Waals surface area contributed by atoms with Gasteiger partial charge in [-0.15, -0.1) is 0 Å². The lowest BCUT2D eigenvalue weighted by Crippen LogP contribution is -2.22. The number of carbonyl (C=O) groups excluding carboxylic acids is 1. The largest absolute Gasteiger partial charge is 0.378 e. The Hall–Kier alpha value is -2.01. The van der Waals surface area contributed by atoms with Gasteiger partial charge < -0.3 is 15.5 Å². The van der Waals surface area contributed by atoms with Crippen LogP contribution in [0, 0.1) is 6.92 Å². The Kier molecular flexibility index (Phi) is 5.44. The van der Waals surface area contributed by atoms with Crippen molar-refractivity contribution in [1.82, 2.24) is 0 Å². The average Bonchev–Trinajstić information content (AvgIpc) is 2.47. The fraction of sp³-hybridized carbons (Fsp3) is 0.235. The molecule has 0 aromatic heterocycles. The number of nitrogens with one attached hydrogen (secondary N) is 2. The number of rotatable bonds is 5. The van der Waals surface area contributed by atoms with Crippen molar-refractivity contribution in [3.05, 3.63) is 52.5 Å². The Morgan fingerprint density at radius 3 is 2.41 bits per heavy atom. The van der Waals surface area contributed by atoms with Gasteiger partial charge in [-0.05, 0) is 55.0 Å². The van der Waals surface area contributed by atoms with E-state index in [2.05, 4.69) is 26.6 Å². The van der Waals surface area contributed by atoms with E-state index in [9.17, 15) is 4.79 Å². The molecule has 4 nitrogen and oxygen atoms in total. The van der Waals surface area contributed by atoms with Crippen LogP contribution in [0.5, 0.6) is 0 Å². The monoisotopic (exact) mass is 361 g/mol. The molecule has 0 heterocycles. The van der Waals surface area contributed by atoms with Gasteiger partial charge in [0.1, 0.15) is 0 Å². The fourth-order valence-corrected chi connectivity index (χ4v) is 2.52. The van der Waals surface area contributed by atoms with Crippen LogP contribution in [0.4, 0.5) is 17.1 Å². The van der Waals surface area contributed by atoms with Crippen LogP contribution in [0.15, 0.2) is 46.9 Å². The summed E-state index contributed by atoms with van der Waals surface area (Å²) in [7, 11) is 3.97. The van der Waals surface area contributed by atoms with Gasteiger partial charge in [0, 0.05) is 35.6 Å². The molecular weight excluding hydrogens is 342 g/mol. The quantitative estimate of drug-likeness (QED) is 0.849. The maximum absolute atomic E-state index is 12.0. The summed E-state index contributed by atoms with van der Waals surface area (Å²) in [6, 6.07) is 13.7. The molecule has 0 atom stereocenters. The highest BCUT2D eigenvalue weighted by atomic mass is 79.9. The molecule has 2 aromatic rings. The second-order valence-corrected chi connectivity index (χ2v) is 6.22. The van der Waals surface area contributed by atoms with E-state index in [1.807, 2.05) is 68.4 Å². The summed E-state index contributed by atoms with van der Waals surface area (Å²) in [5, 5.41) is 6.03. The Balaban J connectivity index is 1.90. The average molecular weight is 362 g/mol. The van der Waals surface area contributed by atoms with E-state index in [0.717, 1.165) is 27.1 Å². The Bertz CT molecular complexity index is 653. The first-order valence-electron chi connectivity index (χ1n) is 7.03. The molecular formula is C17H20BrN3O. The molecule has 0 spiro atoms. The van der Waals surface area contributed by atoms with Gasteiger partial charge in [0.15, 0.2) is 0 Å². The molecule has 5 heteroatoms. The van der Waals surface area contributed by atoms with Gasteiger partial charge >= 0.3 is 0 Å². The summed E-state index contributed by atoms with van der Waals surface area (Å²) < 4.78 is 1.03. The smallest absolute Gasteiger partial charge is 0.243 e. The molecule has 0 unspecified atom stereocenters. The molecule has 0 aliphatic heterocycles. The third kappa shape index (κ3) is 4.49. The van der Waals surface area contributed by atoms with E-state index in [1.165, 1.54) is 0 Å². The van der Waals surface area contributed by atoms with Gasteiger partial charge in [-0.25, -0.2) is 0 Å². The van der Waals surface area contributed by atoms with Crippen molar-refractivity contribution in [1.29, 1.82) is 0 Å². The van der Waals surface area contributed by atoms with Crippen LogP contribution in [0.1, 0.15) is 5.56 Å². The Labute approximate surface area is 139 Å². The molecule has 116 valence electrons. The van der Waals surface area contributed by atoms with Crippen LogP contribution >= 0.6 is 15.9 Å². The molecule has 0 saturated carbocycles. The second-order valence-electron chi connectivity index (χ2n) is 5.30. The SMILES string of the molecule is Cc1cc(Br)ccc1NCC(=O)Nc1ccc(N(C)C)cc1. The zero-order chi connectivity index (χ0) is 16.1. The Morgan fingerprint density at radius 2 is 1.82 bits per heavy atom. The summed E-state index contributed by atoms with van der Waals surface area (Å²) in [4.78, 5) is 14.0. The molecule has 2 aromatic carbocycles. The predicted octanol–water partition coefficient (Wildman–Crippen LogP) is 3.87. The minimum Gasteiger partial charge on any atom is -0.378 e. The van der Waals surface area contributed by atoms with E-state index in [1.54, 1.807) is 0 Å². The van der Waals surface area contributed by atoms with Crippen LogP contribution in [0.25, 0.3) is 0 Å². The standard InChI is InChI=1S/C17H20BrN3O/c1-12-10-13(18)4-9-16(12)19-11-17(22)20-14-5-7-15(8-6-14)21(2)3/h4-10,19H,11H2,1-3H3,(H,20,22). The van der Waals surface area contributed by atoms with Crippen molar-refractivity contribution in [3.8, 4) is 0 Å². The minimum atomic E-state index is -0.0695. The Morgan fingerprint density at radius 1 is 1.14 bits per heavy atom. The van der Waals surface area contributed by atoms with Crippen molar-refractivity contribution >= 4 is 38.9 Å². The van der Waals surface area contributed by atoms with Crippen molar-refractivity contribution < 1.29 is 4.79 Å². The number of halogens is 1. The summed E-state index contributed by atoms with van der Waals surface area (Å²) >= 11 is 3.43. The zero-order valence-corrected chi connectivity index (χ0v) is 14.6. The first-order valence-corrected chi connectivity index (χ1v) is 7.82. The summed E-state index contributed by atoms with van der Waals surface area (Å²) in [6.07, 6.45) is 0. The molecule has 1 amide bonds. The number of carbonyl (C=O) groups is 1. The van der Waals surface area contributed by atoms with E-state index in [0.29, 0.717) is 0 Å². The molecule has 0 fully saturated rings. The van der Waals surface area contributed by atoms with E-state index < -0.39 is 0 Å². The minimum absolute atomic E-state index is 0.0695. The van der Waals surface area contributed by atoms with Gasteiger partial charge in [0.2, 0.25) is 5.91 Å². The number of aryl methyl sites for hydroxylation is 1. The normalized spacial score (nSPS) is 10.2. The topological polar surface area (TPSA) is 44.4 Å². The number of nitrogens with zero attached hydrogens (tertiary/aromatic N) is 1. The van der Waals surface area contributed by atoms with Gasteiger partial charge in [-0.2, -0.15) is 0 Å². The number of amides is 1. The van der Waals surface area contributed by atoms with Gasteiger partial charge in [0.25, 0.3) is 0 Å².